The fourth-order valence-corrected chi connectivity index (χ4v) is 2.27. The lowest BCUT2D eigenvalue weighted by Crippen LogP contribution is -1.95. The molecule has 0 saturated carbocycles. The van der Waals surface area contributed by atoms with Crippen LogP contribution in [-0.4, -0.2) is 36.5 Å². The number of hydrogen-bond acceptors (Lipinski definition) is 7. The van der Waals surface area contributed by atoms with E-state index in [4.69, 9.17) is 18.6 Å². The van der Waals surface area contributed by atoms with Crippen molar-refractivity contribution in [3.63, 3.8) is 0 Å². The highest BCUT2D eigenvalue weighted by molar-refractivity contribution is 5.70. The summed E-state index contributed by atoms with van der Waals surface area (Å²) in [5.41, 5.74) is 1.61. The Bertz CT molecular complexity index is 850. The highest BCUT2D eigenvalue weighted by atomic mass is 16.5. The monoisotopic (exact) mass is 339 g/mol. The van der Waals surface area contributed by atoms with E-state index in [1.165, 1.54) is 0 Å². The molecule has 0 bridgehead atoms. The molecule has 1 aromatic carbocycles. The van der Waals surface area contributed by atoms with Crippen molar-refractivity contribution in [1.29, 1.82) is 0 Å². The van der Waals surface area contributed by atoms with Crippen LogP contribution in [0.5, 0.6) is 17.2 Å². The van der Waals surface area contributed by atoms with Gasteiger partial charge in [-0.1, -0.05) is 0 Å². The number of pyridine rings is 1. The number of rotatable bonds is 6. The Labute approximate surface area is 144 Å². The van der Waals surface area contributed by atoms with Gasteiger partial charge in [0.1, 0.15) is 0 Å². The fraction of sp³-hybridized carbons (Fsp3) is 0.167. The van der Waals surface area contributed by atoms with Gasteiger partial charge in [-0.25, -0.2) is 0 Å². The predicted octanol–water partition coefficient (Wildman–Crippen LogP) is 3.33. The number of nitrogens with zero attached hydrogens (tertiary/aromatic N) is 3. The van der Waals surface area contributed by atoms with Gasteiger partial charge in [-0.15, -0.1) is 10.2 Å². The summed E-state index contributed by atoms with van der Waals surface area (Å²) in [6.45, 7) is 0. The first-order valence-corrected chi connectivity index (χ1v) is 7.47. The molecule has 0 aliphatic carbocycles. The van der Waals surface area contributed by atoms with Gasteiger partial charge in [0.15, 0.2) is 11.5 Å². The minimum Gasteiger partial charge on any atom is -0.493 e. The van der Waals surface area contributed by atoms with E-state index in [-0.39, 0.29) is 0 Å². The molecule has 25 heavy (non-hydrogen) atoms. The molecule has 128 valence electrons. The average Bonchev–Trinajstić information content (AvgIpc) is 3.15. The highest BCUT2D eigenvalue weighted by Crippen LogP contribution is 2.38. The van der Waals surface area contributed by atoms with Crippen molar-refractivity contribution in [2.75, 3.05) is 21.3 Å². The molecular formula is C18H17N3O4. The summed E-state index contributed by atoms with van der Waals surface area (Å²) >= 11 is 0. The van der Waals surface area contributed by atoms with Crippen molar-refractivity contribution in [3.8, 4) is 28.7 Å². The first-order chi connectivity index (χ1) is 12.2. The molecule has 0 radical (unpaired) electrons. The van der Waals surface area contributed by atoms with Gasteiger partial charge in [0, 0.05) is 18.5 Å². The van der Waals surface area contributed by atoms with Gasteiger partial charge in [-0.3, -0.25) is 4.98 Å². The zero-order valence-corrected chi connectivity index (χ0v) is 14.1. The fourth-order valence-electron chi connectivity index (χ4n) is 2.27. The second kappa shape index (κ2) is 7.48. The predicted molar refractivity (Wildman–Crippen MR) is 92.6 cm³/mol. The summed E-state index contributed by atoms with van der Waals surface area (Å²) in [6, 6.07) is 7.32. The maximum atomic E-state index is 5.61. The Kier molecular flexibility index (Phi) is 4.94. The molecule has 7 nitrogen and oxygen atoms in total. The van der Waals surface area contributed by atoms with Crippen LogP contribution in [0.2, 0.25) is 0 Å². The summed E-state index contributed by atoms with van der Waals surface area (Å²) in [4.78, 5) is 4.03. The van der Waals surface area contributed by atoms with Gasteiger partial charge in [0.05, 0.1) is 26.9 Å². The zero-order chi connectivity index (χ0) is 17.6. The molecule has 0 N–H and O–H groups in total. The summed E-state index contributed by atoms with van der Waals surface area (Å²) < 4.78 is 21.6. The van der Waals surface area contributed by atoms with Crippen molar-refractivity contribution < 1.29 is 18.6 Å². The van der Waals surface area contributed by atoms with E-state index in [9.17, 15) is 0 Å². The molecule has 0 amide bonds. The van der Waals surface area contributed by atoms with E-state index < -0.39 is 0 Å². The maximum Gasteiger partial charge on any atom is 0.249 e. The molecule has 0 atom stereocenters. The lowest BCUT2D eigenvalue weighted by Gasteiger charge is -2.12. The van der Waals surface area contributed by atoms with E-state index in [2.05, 4.69) is 15.2 Å². The van der Waals surface area contributed by atoms with E-state index in [0.717, 1.165) is 11.1 Å². The second-order valence-corrected chi connectivity index (χ2v) is 4.98. The van der Waals surface area contributed by atoms with Gasteiger partial charge in [0.25, 0.3) is 0 Å². The van der Waals surface area contributed by atoms with Gasteiger partial charge in [-0.2, -0.15) is 0 Å². The zero-order valence-electron chi connectivity index (χ0n) is 14.1. The maximum absolute atomic E-state index is 5.61. The third-order valence-electron chi connectivity index (χ3n) is 3.45. The number of methoxy groups -OCH3 is 3. The summed E-state index contributed by atoms with van der Waals surface area (Å²) in [6.07, 6.45) is 6.89. The Morgan fingerprint density at radius 2 is 1.72 bits per heavy atom. The molecular weight excluding hydrogens is 322 g/mol. The minimum absolute atomic E-state index is 0.382. The number of benzene rings is 1. The highest BCUT2D eigenvalue weighted by Gasteiger charge is 2.12. The molecule has 0 spiro atoms. The molecule has 0 fully saturated rings. The van der Waals surface area contributed by atoms with Gasteiger partial charge < -0.3 is 18.6 Å². The van der Waals surface area contributed by atoms with Crippen LogP contribution in [0, 0.1) is 0 Å². The Morgan fingerprint density at radius 3 is 2.32 bits per heavy atom. The SMILES string of the molecule is COc1cc(/C=C/c2nnc(-c3cccnc3)o2)cc(OC)c1OC. The van der Waals surface area contributed by atoms with Crippen LogP contribution in [0.15, 0.2) is 41.1 Å². The van der Waals surface area contributed by atoms with E-state index in [1.807, 2.05) is 30.3 Å². The lowest BCUT2D eigenvalue weighted by atomic mass is 10.1. The van der Waals surface area contributed by atoms with Crippen molar-refractivity contribution in [1.82, 2.24) is 15.2 Å². The van der Waals surface area contributed by atoms with Crippen molar-refractivity contribution in [2.45, 2.75) is 0 Å². The third kappa shape index (κ3) is 3.60. The number of ether oxygens (including phenoxy) is 3. The van der Waals surface area contributed by atoms with Crippen molar-refractivity contribution in [2.24, 2.45) is 0 Å². The minimum atomic E-state index is 0.382. The van der Waals surface area contributed by atoms with Gasteiger partial charge >= 0.3 is 0 Å². The normalized spacial score (nSPS) is 10.8. The lowest BCUT2D eigenvalue weighted by molar-refractivity contribution is 0.324. The molecule has 0 aliphatic rings. The largest absolute Gasteiger partial charge is 0.493 e. The summed E-state index contributed by atoms with van der Waals surface area (Å²) in [5.74, 6) is 2.48. The summed E-state index contributed by atoms with van der Waals surface area (Å²) in [7, 11) is 4.71. The Balaban J connectivity index is 1.86. The van der Waals surface area contributed by atoms with E-state index in [1.54, 1.807) is 39.8 Å². The van der Waals surface area contributed by atoms with Crippen LogP contribution in [0.25, 0.3) is 23.6 Å². The summed E-state index contributed by atoms with van der Waals surface area (Å²) in [5, 5.41) is 8.02. The standard InChI is InChI=1S/C18H17N3O4/c1-22-14-9-12(10-15(23-2)17(14)24-3)6-7-16-20-21-18(25-16)13-5-4-8-19-11-13/h4-11H,1-3H3/b7-6+. The molecule has 2 aromatic heterocycles. The molecule has 0 saturated heterocycles. The third-order valence-corrected chi connectivity index (χ3v) is 3.45. The first kappa shape index (κ1) is 16.5. The van der Waals surface area contributed by atoms with Crippen LogP contribution in [0.3, 0.4) is 0 Å². The van der Waals surface area contributed by atoms with Gasteiger partial charge in [-0.05, 0) is 35.9 Å². The van der Waals surface area contributed by atoms with Crippen LogP contribution in [0.4, 0.5) is 0 Å². The molecule has 0 aliphatic heterocycles. The number of hydrogen-bond donors (Lipinski definition) is 0. The Morgan fingerprint density at radius 1 is 0.960 bits per heavy atom. The molecule has 7 heteroatoms. The smallest absolute Gasteiger partial charge is 0.249 e. The van der Waals surface area contributed by atoms with E-state index in [0.29, 0.717) is 29.0 Å². The topological polar surface area (TPSA) is 79.5 Å². The number of aromatic nitrogens is 3. The average molecular weight is 339 g/mol. The molecule has 3 rings (SSSR count). The molecule has 0 unspecified atom stereocenters. The molecule has 2 heterocycles. The van der Waals surface area contributed by atoms with Crippen LogP contribution in [-0.2, 0) is 0 Å². The second-order valence-electron chi connectivity index (χ2n) is 4.98. The van der Waals surface area contributed by atoms with E-state index >= 15 is 0 Å². The van der Waals surface area contributed by atoms with Crippen molar-refractivity contribution in [3.05, 3.63) is 48.1 Å². The van der Waals surface area contributed by atoms with Gasteiger partial charge in [0.2, 0.25) is 17.5 Å². The quantitative estimate of drug-likeness (QED) is 0.681. The van der Waals surface area contributed by atoms with Crippen LogP contribution < -0.4 is 14.2 Å². The van der Waals surface area contributed by atoms with Crippen molar-refractivity contribution >= 4 is 12.2 Å². The van der Waals surface area contributed by atoms with Crippen LogP contribution in [0.1, 0.15) is 11.5 Å². The molecule has 3 aromatic rings. The Hall–Kier alpha value is -3.35. The first-order valence-electron chi connectivity index (χ1n) is 7.47. The van der Waals surface area contributed by atoms with Crippen LogP contribution >= 0.6 is 0 Å².